The topological polar surface area (TPSA) is 42.3 Å². The molecule has 0 amide bonds. The summed E-state index contributed by atoms with van der Waals surface area (Å²) in [5.41, 5.74) is 1.14. The minimum absolute atomic E-state index is 0.0933. The molecule has 1 N–H and O–H groups in total. The lowest BCUT2D eigenvalue weighted by molar-refractivity contribution is 0.141. The zero-order valence-corrected chi connectivity index (χ0v) is 13.9. The molecule has 0 atom stereocenters. The number of imidazole rings is 1. The van der Waals surface area contributed by atoms with Gasteiger partial charge in [-0.2, -0.15) is 0 Å². The van der Waals surface area contributed by atoms with Crippen molar-refractivity contribution < 1.29 is 4.74 Å². The summed E-state index contributed by atoms with van der Waals surface area (Å²) in [6.07, 6.45) is 3.10. The van der Waals surface area contributed by atoms with Crippen molar-refractivity contribution in [3.63, 3.8) is 0 Å². The lowest BCUT2D eigenvalue weighted by Crippen LogP contribution is -2.44. The third kappa shape index (κ3) is 5.13. The normalized spacial score (nSPS) is 12.2. The van der Waals surface area contributed by atoms with Gasteiger partial charge in [-0.15, -0.1) is 0 Å². The maximum atomic E-state index is 5.39. The number of aromatic nitrogens is 2. The van der Waals surface area contributed by atoms with Crippen LogP contribution in [0.5, 0.6) is 0 Å². The average molecular weight is 282 g/mol. The molecule has 1 heterocycles. The van der Waals surface area contributed by atoms with E-state index in [2.05, 4.69) is 53.9 Å². The molecule has 0 bridgehead atoms. The molecule has 5 nitrogen and oxygen atoms in total. The van der Waals surface area contributed by atoms with E-state index in [0.29, 0.717) is 0 Å². The Morgan fingerprint density at radius 2 is 2.10 bits per heavy atom. The molecule has 0 spiro atoms. The Bertz CT molecular complexity index is 399. The van der Waals surface area contributed by atoms with Crippen LogP contribution < -0.4 is 5.32 Å². The standard InChI is InChI=1S/C15H30N4O/c1-7-20-10-8-9-19-11-13(2)17-14(19)16-12-15(3,4)18(5)6/h11H,7-10,12H2,1-6H3,(H,16,17). The monoisotopic (exact) mass is 282 g/mol. The third-order valence-electron chi connectivity index (χ3n) is 3.68. The first-order valence-electron chi connectivity index (χ1n) is 7.39. The highest BCUT2D eigenvalue weighted by molar-refractivity contribution is 5.29. The van der Waals surface area contributed by atoms with Gasteiger partial charge in [0.1, 0.15) is 0 Å². The summed E-state index contributed by atoms with van der Waals surface area (Å²) in [5.74, 6) is 0.953. The molecular weight excluding hydrogens is 252 g/mol. The highest BCUT2D eigenvalue weighted by Gasteiger charge is 2.20. The van der Waals surface area contributed by atoms with Gasteiger partial charge in [0.25, 0.3) is 0 Å². The fourth-order valence-corrected chi connectivity index (χ4v) is 1.79. The SMILES string of the molecule is CCOCCCn1cc(C)nc1NCC(C)(C)N(C)C. The van der Waals surface area contributed by atoms with E-state index in [-0.39, 0.29) is 5.54 Å². The summed E-state index contributed by atoms with van der Waals surface area (Å²) in [7, 11) is 4.20. The fraction of sp³-hybridized carbons (Fsp3) is 0.800. The lowest BCUT2D eigenvalue weighted by atomic mass is 10.1. The molecule has 0 radical (unpaired) electrons. The van der Waals surface area contributed by atoms with E-state index in [1.807, 2.05) is 13.8 Å². The van der Waals surface area contributed by atoms with Gasteiger partial charge in [0.05, 0.1) is 5.69 Å². The Morgan fingerprint density at radius 3 is 2.70 bits per heavy atom. The average Bonchev–Trinajstić information content (AvgIpc) is 2.73. The molecule has 0 aliphatic rings. The summed E-state index contributed by atoms with van der Waals surface area (Å²) >= 11 is 0. The number of ether oxygens (including phenoxy) is 1. The molecule has 0 aromatic carbocycles. The van der Waals surface area contributed by atoms with Crippen molar-refractivity contribution in [2.24, 2.45) is 0 Å². The minimum atomic E-state index is 0.0933. The lowest BCUT2D eigenvalue weighted by Gasteiger charge is -2.32. The van der Waals surface area contributed by atoms with Crippen molar-refractivity contribution >= 4 is 5.95 Å². The molecule has 0 fully saturated rings. The molecule has 0 saturated heterocycles. The molecule has 116 valence electrons. The smallest absolute Gasteiger partial charge is 0.203 e. The van der Waals surface area contributed by atoms with E-state index < -0.39 is 0 Å². The van der Waals surface area contributed by atoms with E-state index >= 15 is 0 Å². The molecule has 0 aliphatic heterocycles. The van der Waals surface area contributed by atoms with Gasteiger partial charge in [-0.25, -0.2) is 4.98 Å². The van der Waals surface area contributed by atoms with Crippen molar-refractivity contribution in [3.8, 4) is 0 Å². The van der Waals surface area contributed by atoms with Crippen molar-refractivity contribution in [1.29, 1.82) is 0 Å². The van der Waals surface area contributed by atoms with Crippen LogP contribution in [0.2, 0.25) is 0 Å². The minimum Gasteiger partial charge on any atom is -0.382 e. The second kappa shape index (κ2) is 7.64. The predicted molar refractivity (Wildman–Crippen MR) is 84.3 cm³/mol. The zero-order valence-electron chi connectivity index (χ0n) is 13.9. The van der Waals surface area contributed by atoms with Gasteiger partial charge in [-0.05, 0) is 48.2 Å². The van der Waals surface area contributed by atoms with Gasteiger partial charge in [0.15, 0.2) is 0 Å². The number of anilines is 1. The maximum Gasteiger partial charge on any atom is 0.203 e. The van der Waals surface area contributed by atoms with Crippen molar-refractivity contribution in [3.05, 3.63) is 11.9 Å². The quantitative estimate of drug-likeness (QED) is 0.706. The molecule has 1 aromatic rings. The molecule has 1 aromatic heterocycles. The van der Waals surface area contributed by atoms with Gasteiger partial charge < -0.3 is 19.5 Å². The van der Waals surface area contributed by atoms with Crippen molar-refractivity contribution in [1.82, 2.24) is 14.5 Å². The highest BCUT2D eigenvalue weighted by atomic mass is 16.5. The first kappa shape index (κ1) is 17.0. The number of likely N-dealkylation sites (N-methyl/N-ethyl adjacent to an activating group) is 1. The molecule has 0 unspecified atom stereocenters. The summed E-state index contributed by atoms with van der Waals surface area (Å²) in [6.45, 7) is 11.9. The zero-order chi connectivity index (χ0) is 15.2. The summed E-state index contributed by atoms with van der Waals surface area (Å²) in [4.78, 5) is 6.78. The molecule has 0 aliphatic carbocycles. The second-order valence-electron chi connectivity index (χ2n) is 6.01. The summed E-state index contributed by atoms with van der Waals surface area (Å²) < 4.78 is 7.57. The second-order valence-corrected chi connectivity index (χ2v) is 6.01. The van der Waals surface area contributed by atoms with Crippen LogP contribution in [0.4, 0.5) is 5.95 Å². The number of nitrogens with zero attached hydrogens (tertiary/aromatic N) is 3. The van der Waals surface area contributed by atoms with E-state index in [1.54, 1.807) is 0 Å². The first-order valence-corrected chi connectivity index (χ1v) is 7.39. The Balaban J connectivity index is 2.57. The first-order chi connectivity index (χ1) is 9.36. The van der Waals surface area contributed by atoms with Crippen molar-refractivity contribution in [2.75, 3.05) is 39.2 Å². The van der Waals surface area contributed by atoms with E-state index in [9.17, 15) is 0 Å². The summed E-state index contributed by atoms with van der Waals surface area (Å²) in [6, 6.07) is 0. The van der Waals surface area contributed by atoms with Gasteiger partial charge in [0.2, 0.25) is 5.95 Å². The predicted octanol–water partition coefficient (Wildman–Crippen LogP) is 2.37. The number of aryl methyl sites for hydroxylation is 2. The molecule has 1 rings (SSSR count). The van der Waals surface area contributed by atoms with E-state index in [4.69, 9.17) is 4.74 Å². The van der Waals surface area contributed by atoms with Gasteiger partial charge in [-0.1, -0.05) is 0 Å². The van der Waals surface area contributed by atoms with Crippen molar-refractivity contribution in [2.45, 2.75) is 46.2 Å². The number of rotatable bonds is 9. The molecule has 20 heavy (non-hydrogen) atoms. The Morgan fingerprint density at radius 1 is 1.40 bits per heavy atom. The largest absolute Gasteiger partial charge is 0.382 e. The Hall–Kier alpha value is -1.07. The van der Waals surface area contributed by atoms with E-state index in [1.165, 1.54) is 0 Å². The van der Waals surface area contributed by atoms with E-state index in [0.717, 1.165) is 44.4 Å². The Kier molecular flexibility index (Phi) is 6.49. The number of nitrogens with one attached hydrogen (secondary N) is 1. The van der Waals surface area contributed by atoms with Crippen LogP contribution in [0.15, 0.2) is 6.20 Å². The molecular formula is C15H30N4O. The van der Waals surface area contributed by atoms with Crippen LogP contribution in [0, 0.1) is 6.92 Å². The van der Waals surface area contributed by atoms with Crippen LogP contribution >= 0.6 is 0 Å². The van der Waals surface area contributed by atoms with Crippen LogP contribution in [-0.2, 0) is 11.3 Å². The third-order valence-corrected chi connectivity index (χ3v) is 3.68. The van der Waals surface area contributed by atoms with Gasteiger partial charge in [0, 0.05) is 38.0 Å². The maximum absolute atomic E-state index is 5.39. The van der Waals surface area contributed by atoms with Crippen LogP contribution in [-0.4, -0.2) is 53.8 Å². The van der Waals surface area contributed by atoms with Gasteiger partial charge in [-0.3, -0.25) is 0 Å². The number of hydrogen-bond acceptors (Lipinski definition) is 4. The number of hydrogen-bond donors (Lipinski definition) is 1. The highest BCUT2D eigenvalue weighted by Crippen LogP contribution is 2.14. The van der Waals surface area contributed by atoms with Crippen LogP contribution in [0.25, 0.3) is 0 Å². The van der Waals surface area contributed by atoms with Crippen LogP contribution in [0.3, 0.4) is 0 Å². The summed E-state index contributed by atoms with van der Waals surface area (Å²) in [5, 5.41) is 3.47. The molecule has 0 saturated carbocycles. The fourth-order valence-electron chi connectivity index (χ4n) is 1.79. The van der Waals surface area contributed by atoms with Crippen LogP contribution in [0.1, 0.15) is 32.9 Å². The van der Waals surface area contributed by atoms with Gasteiger partial charge >= 0.3 is 0 Å². The Labute approximate surface area is 123 Å². The molecule has 5 heteroatoms.